The van der Waals surface area contributed by atoms with E-state index < -0.39 is 0 Å². The number of thiophene rings is 2. The molecule has 2 nitrogen and oxygen atoms in total. The molecule has 0 aliphatic carbocycles. The van der Waals surface area contributed by atoms with Gasteiger partial charge in [-0.15, -0.1) is 22.7 Å². The Kier molecular flexibility index (Phi) is 2.44. The van der Waals surface area contributed by atoms with Crippen LogP contribution in [0.5, 0.6) is 0 Å². The van der Waals surface area contributed by atoms with Crippen LogP contribution in [0.15, 0.2) is 12.4 Å². The third kappa shape index (κ3) is 1.38. The molecule has 100 valence electrons. The molecule has 0 aliphatic heterocycles. The molecule has 0 spiro atoms. The second kappa shape index (κ2) is 3.99. The summed E-state index contributed by atoms with van der Waals surface area (Å²) < 4.78 is 2.76. The molecule has 0 saturated heterocycles. The smallest absolute Gasteiger partial charge is 0.0983 e. The van der Waals surface area contributed by atoms with Crippen LogP contribution in [0.4, 0.5) is 0 Å². The predicted molar refractivity (Wildman–Crippen MR) is 89.3 cm³/mol. The molecule has 0 N–H and O–H groups in total. The second-order valence-electron chi connectivity index (χ2n) is 5.23. The highest BCUT2D eigenvalue weighted by molar-refractivity contribution is 7.27. The Labute approximate surface area is 125 Å². The van der Waals surface area contributed by atoms with Crippen LogP contribution < -0.4 is 0 Å². The fourth-order valence-corrected chi connectivity index (χ4v) is 5.31. The van der Waals surface area contributed by atoms with E-state index in [1.807, 2.05) is 22.7 Å². The second-order valence-corrected chi connectivity index (χ2v) is 7.68. The summed E-state index contributed by atoms with van der Waals surface area (Å²) in [7, 11) is 0. The molecule has 0 saturated carbocycles. The van der Waals surface area contributed by atoms with E-state index in [0.717, 1.165) is 11.0 Å². The summed E-state index contributed by atoms with van der Waals surface area (Å²) in [6.45, 7) is 8.78. The number of nitrogens with zero attached hydrogens (tertiary/aromatic N) is 2. The van der Waals surface area contributed by atoms with Gasteiger partial charge in [-0.05, 0) is 38.8 Å². The van der Waals surface area contributed by atoms with Crippen molar-refractivity contribution in [1.82, 2.24) is 9.97 Å². The maximum absolute atomic E-state index is 4.63. The van der Waals surface area contributed by atoms with E-state index >= 15 is 0 Å². The molecule has 0 bridgehead atoms. The zero-order chi connectivity index (χ0) is 14.0. The molecule has 0 aliphatic rings. The molecular weight excluding hydrogens is 284 g/mol. The van der Waals surface area contributed by atoms with Gasteiger partial charge < -0.3 is 0 Å². The van der Waals surface area contributed by atoms with Crippen LogP contribution in [0.2, 0.25) is 0 Å². The Morgan fingerprint density at radius 2 is 1.10 bits per heavy atom. The van der Waals surface area contributed by atoms with Gasteiger partial charge in [-0.25, -0.2) is 0 Å². The first-order chi connectivity index (χ1) is 9.59. The molecule has 4 heteroatoms. The van der Waals surface area contributed by atoms with E-state index in [1.165, 1.54) is 41.1 Å². The van der Waals surface area contributed by atoms with Gasteiger partial charge in [0.25, 0.3) is 0 Å². The lowest BCUT2D eigenvalue weighted by atomic mass is 10.1. The summed E-state index contributed by atoms with van der Waals surface area (Å²) in [4.78, 5) is 12.0. The Bertz CT molecular complexity index is 911. The van der Waals surface area contributed by atoms with Crippen LogP contribution in [-0.2, 0) is 0 Å². The molecule has 4 aromatic rings. The number of fused-ring (bicyclic) bond motifs is 6. The molecule has 0 amide bonds. The summed E-state index contributed by atoms with van der Waals surface area (Å²) in [5.74, 6) is 0. The average Bonchev–Trinajstić information content (AvgIpc) is 2.90. The summed E-state index contributed by atoms with van der Waals surface area (Å²) in [6, 6.07) is 0. The summed E-state index contributed by atoms with van der Waals surface area (Å²) in [5, 5.41) is 2.59. The van der Waals surface area contributed by atoms with E-state index in [-0.39, 0.29) is 0 Å². The fourth-order valence-electron chi connectivity index (χ4n) is 2.85. The van der Waals surface area contributed by atoms with Crippen molar-refractivity contribution in [1.29, 1.82) is 0 Å². The SMILES string of the molecule is Cc1sc2c3sc(C)c(C)c3c3nccnc3c2c1C. The molecule has 4 rings (SSSR count). The first-order valence-corrected chi connectivity index (χ1v) is 8.25. The van der Waals surface area contributed by atoms with Crippen molar-refractivity contribution in [2.45, 2.75) is 27.7 Å². The highest BCUT2D eigenvalue weighted by Gasteiger charge is 2.19. The monoisotopic (exact) mass is 298 g/mol. The van der Waals surface area contributed by atoms with Gasteiger partial charge in [-0.2, -0.15) is 0 Å². The van der Waals surface area contributed by atoms with Gasteiger partial charge in [0.15, 0.2) is 0 Å². The molecule has 0 fully saturated rings. The Balaban J connectivity index is 2.48. The highest BCUT2D eigenvalue weighted by Crippen LogP contribution is 2.45. The number of aromatic nitrogens is 2. The van der Waals surface area contributed by atoms with Crippen molar-refractivity contribution in [3.63, 3.8) is 0 Å². The van der Waals surface area contributed by atoms with E-state index in [1.54, 1.807) is 12.4 Å². The van der Waals surface area contributed by atoms with Crippen LogP contribution >= 0.6 is 22.7 Å². The van der Waals surface area contributed by atoms with Crippen LogP contribution in [0, 0.1) is 27.7 Å². The third-order valence-electron chi connectivity index (χ3n) is 4.15. The van der Waals surface area contributed by atoms with Gasteiger partial charge in [0, 0.05) is 32.9 Å². The van der Waals surface area contributed by atoms with Crippen molar-refractivity contribution in [2.75, 3.05) is 0 Å². The Morgan fingerprint density at radius 3 is 1.50 bits per heavy atom. The lowest BCUT2D eigenvalue weighted by molar-refractivity contribution is 1.31. The Morgan fingerprint density at radius 1 is 0.700 bits per heavy atom. The van der Waals surface area contributed by atoms with Gasteiger partial charge in [0.1, 0.15) is 0 Å². The lowest BCUT2D eigenvalue weighted by Crippen LogP contribution is -1.86. The zero-order valence-corrected chi connectivity index (χ0v) is 13.5. The summed E-state index contributed by atoms with van der Waals surface area (Å²) >= 11 is 3.78. The topological polar surface area (TPSA) is 25.8 Å². The van der Waals surface area contributed by atoms with Gasteiger partial charge in [0.05, 0.1) is 20.4 Å². The van der Waals surface area contributed by atoms with Gasteiger partial charge in [-0.1, -0.05) is 0 Å². The quantitative estimate of drug-likeness (QED) is 0.440. The zero-order valence-electron chi connectivity index (χ0n) is 11.9. The normalized spacial score (nSPS) is 12.0. The fraction of sp³-hybridized carbons (Fsp3) is 0.250. The van der Waals surface area contributed by atoms with Crippen molar-refractivity contribution in [3.8, 4) is 0 Å². The maximum Gasteiger partial charge on any atom is 0.0983 e. The molecular formula is C16H14N2S2. The van der Waals surface area contributed by atoms with Gasteiger partial charge in [-0.3, -0.25) is 9.97 Å². The van der Waals surface area contributed by atoms with Crippen LogP contribution in [-0.4, -0.2) is 9.97 Å². The minimum atomic E-state index is 1.05. The molecule has 20 heavy (non-hydrogen) atoms. The van der Waals surface area contributed by atoms with Crippen molar-refractivity contribution < 1.29 is 0 Å². The molecule has 1 aromatic carbocycles. The highest BCUT2D eigenvalue weighted by atomic mass is 32.1. The number of hydrogen-bond donors (Lipinski definition) is 0. The number of hydrogen-bond acceptors (Lipinski definition) is 4. The van der Waals surface area contributed by atoms with Crippen molar-refractivity contribution in [3.05, 3.63) is 33.3 Å². The number of benzene rings is 1. The Hall–Kier alpha value is -1.52. The number of aryl methyl sites for hydroxylation is 4. The predicted octanol–water partition coefficient (Wildman–Crippen LogP) is 5.29. The van der Waals surface area contributed by atoms with E-state index in [2.05, 4.69) is 37.7 Å². The maximum atomic E-state index is 4.63. The van der Waals surface area contributed by atoms with Crippen LogP contribution in [0.3, 0.4) is 0 Å². The summed E-state index contributed by atoms with van der Waals surface area (Å²) in [6.07, 6.45) is 3.60. The minimum absolute atomic E-state index is 1.05. The van der Waals surface area contributed by atoms with E-state index in [9.17, 15) is 0 Å². The minimum Gasteiger partial charge on any atom is -0.252 e. The van der Waals surface area contributed by atoms with Gasteiger partial charge in [0.2, 0.25) is 0 Å². The first kappa shape index (κ1) is 12.2. The van der Waals surface area contributed by atoms with Gasteiger partial charge >= 0.3 is 0 Å². The average molecular weight is 298 g/mol. The van der Waals surface area contributed by atoms with Crippen LogP contribution in [0.1, 0.15) is 20.9 Å². The number of rotatable bonds is 0. The lowest BCUT2D eigenvalue weighted by Gasteiger charge is -2.03. The summed E-state index contributed by atoms with van der Waals surface area (Å²) in [5.41, 5.74) is 4.80. The van der Waals surface area contributed by atoms with E-state index in [4.69, 9.17) is 0 Å². The van der Waals surface area contributed by atoms with Crippen molar-refractivity contribution in [2.24, 2.45) is 0 Å². The molecule has 0 radical (unpaired) electrons. The van der Waals surface area contributed by atoms with Crippen LogP contribution in [0.25, 0.3) is 31.2 Å². The third-order valence-corrected chi connectivity index (χ3v) is 6.73. The van der Waals surface area contributed by atoms with Crippen molar-refractivity contribution >= 4 is 53.9 Å². The molecule has 3 heterocycles. The first-order valence-electron chi connectivity index (χ1n) is 6.61. The molecule has 3 aromatic heterocycles. The molecule has 0 atom stereocenters. The largest absolute Gasteiger partial charge is 0.252 e. The standard InChI is InChI=1S/C16H14N2S2/c1-7-9(3)19-15-11(7)13-14(18-6-5-17-13)12-8(2)10(4)20-16(12)15/h5-6H,1-4H3. The van der Waals surface area contributed by atoms with E-state index in [0.29, 0.717) is 0 Å². The molecule has 0 unspecified atom stereocenters.